The van der Waals surface area contributed by atoms with Crippen LogP contribution in [0.2, 0.25) is 0 Å². The maximum Gasteiger partial charge on any atom is 0.166 e. The van der Waals surface area contributed by atoms with Gasteiger partial charge in [0.25, 0.3) is 0 Å². The summed E-state index contributed by atoms with van der Waals surface area (Å²) in [6, 6.07) is 5.96. The molecular weight excluding hydrogens is 258 g/mol. The largest absolute Gasteiger partial charge is 0.378 e. The predicted octanol–water partition coefficient (Wildman–Crippen LogP) is 1.17. The number of hydrogen-bond donors (Lipinski definition) is 1. The van der Waals surface area contributed by atoms with Gasteiger partial charge < -0.3 is 10.1 Å². The van der Waals surface area contributed by atoms with Crippen LogP contribution in [0.1, 0.15) is 23.2 Å². The maximum atomic E-state index is 12.6. The van der Waals surface area contributed by atoms with Gasteiger partial charge in [-0.05, 0) is 41.4 Å². The van der Waals surface area contributed by atoms with Gasteiger partial charge in [0.1, 0.15) is 11.0 Å². The summed E-state index contributed by atoms with van der Waals surface area (Å²) in [5.74, 6) is 0.251. The van der Waals surface area contributed by atoms with Gasteiger partial charge >= 0.3 is 0 Å². The van der Waals surface area contributed by atoms with Gasteiger partial charge in [-0.2, -0.15) is 0 Å². The minimum Gasteiger partial charge on any atom is -0.378 e. The number of Topliss-reactive ketones (excluding diaryl/α,β-unsaturated/α-hetero) is 1. The Morgan fingerprint density at radius 1 is 1.15 bits per heavy atom. The molecule has 2 atom stereocenters. The first kappa shape index (κ1) is 12.0. The molecule has 1 aromatic carbocycles. The third kappa shape index (κ3) is 2.01. The molecule has 2 aliphatic heterocycles. The molecule has 4 rings (SSSR count). The molecule has 0 amide bonds. The number of piperidine rings is 1. The minimum absolute atomic E-state index is 0.0625. The van der Waals surface area contributed by atoms with Crippen LogP contribution < -0.4 is 5.32 Å². The SMILES string of the molecule is O=C(c1ccc2nonc2c1)C1CC2COCC(C1)N2. The highest BCUT2D eigenvalue weighted by atomic mass is 16.6. The van der Waals surface area contributed by atoms with Crippen LogP contribution in [0.3, 0.4) is 0 Å². The van der Waals surface area contributed by atoms with Crippen molar-refractivity contribution in [2.45, 2.75) is 24.9 Å². The number of fused-ring (bicyclic) bond motifs is 3. The summed E-state index contributed by atoms with van der Waals surface area (Å²) in [6.45, 7) is 1.40. The van der Waals surface area contributed by atoms with Crippen molar-refractivity contribution in [2.75, 3.05) is 13.2 Å². The van der Waals surface area contributed by atoms with E-state index >= 15 is 0 Å². The highest BCUT2D eigenvalue weighted by Crippen LogP contribution is 2.27. The summed E-state index contributed by atoms with van der Waals surface area (Å²) < 4.78 is 10.2. The van der Waals surface area contributed by atoms with Crippen LogP contribution in [0, 0.1) is 5.92 Å². The zero-order valence-corrected chi connectivity index (χ0v) is 10.9. The number of rotatable bonds is 2. The number of nitrogens with one attached hydrogen (secondary N) is 1. The average Bonchev–Trinajstić information content (AvgIpc) is 2.93. The van der Waals surface area contributed by atoms with E-state index in [0.29, 0.717) is 41.9 Å². The molecule has 2 aliphatic rings. The average molecular weight is 273 g/mol. The van der Waals surface area contributed by atoms with Gasteiger partial charge in [-0.1, -0.05) is 0 Å². The number of morpholine rings is 1. The van der Waals surface area contributed by atoms with Gasteiger partial charge in [0.2, 0.25) is 0 Å². The summed E-state index contributed by atoms with van der Waals surface area (Å²) in [4.78, 5) is 12.6. The Hall–Kier alpha value is -1.79. The molecule has 0 saturated carbocycles. The Morgan fingerprint density at radius 2 is 1.90 bits per heavy atom. The van der Waals surface area contributed by atoms with Crippen LogP contribution in [0.25, 0.3) is 11.0 Å². The third-order valence-corrected chi connectivity index (χ3v) is 4.16. The monoisotopic (exact) mass is 273 g/mol. The molecule has 104 valence electrons. The molecule has 2 aromatic rings. The molecule has 2 fully saturated rings. The molecule has 2 unspecified atom stereocenters. The standard InChI is InChI=1S/C14H15N3O3/c18-14(8-1-2-12-13(5-8)17-20-16-12)9-3-10-6-19-7-11(4-9)15-10/h1-2,5,9-11,15H,3-4,6-7H2. The summed E-state index contributed by atoms with van der Waals surface area (Å²) in [6.07, 6.45) is 1.68. The van der Waals surface area contributed by atoms with E-state index in [2.05, 4.69) is 20.3 Å². The number of ketones is 1. The summed E-state index contributed by atoms with van der Waals surface area (Å²) in [7, 11) is 0. The summed E-state index contributed by atoms with van der Waals surface area (Å²) >= 11 is 0. The van der Waals surface area contributed by atoms with E-state index in [1.807, 2.05) is 6.07 Å². The van der Waals surface area contributed by atoms with E-state index in [4.69, 9.17) is 4.74 Å². The molecule has 6 heteroatoms. The van der Waals surface area contributed by atoms with Crippen molar-refractivity contribution in [1.29, 1.82) is 0 Å². The zero-order valence-electron chi connectivity index (χ0n) is 10.9. The normalized spacial score (nSPS) is 29.5. The smallest absolute Gasteiger partial charge is 0.166 e. The van der Waals surface area contributed by atoms with Gasteiger partial charge in [0, 0.05) is 23.6 Å². The van der Waals surface area contributed by atoms with E-state index in [1.165, 1.54) is 0 Å². The second kappa shape index (κ2) is 4.64. The molecule has 1 aromatic heterocycles. The number of hydrogen-bond acceptors (Lipinski definition) is 6. The Morgan fingerprint density at radius 3 is 2.70 bits per heavy atom. The highest BCUT2D eigenvalue weighted by Gasteiger charge is 2.35. The number of aromatic nitrogens is 2. The van der Waals surface area contributed by atoms with Crippen LogP contribution >= 0.6 is 0 Å². The molecule has 0 aliphatic carbocycles. The molecule has 6 nitrogen and oxygen atoms in total. The lowest BCUT2D eigenvalue weighted by Crippen LogP contribution is -2.55. The van der Waals surface area contributed by atoms with Gasteiger partial charge in [-0.15, -0.1) is 0 Å². The van der Waals surface area contributed by atoms with Crippen LogP contribution in [0.4, 0.5) is 0 Å². The fourth-order valence-electron chi connectivity index (χ4n) is 3.22. The van der Waals surface area contributed by atoms with Crippen molar-refractivity contribution in [1.82, 2.24) is 15.6 Å². The van der Waals surface area contributed by atoms with E-state index in [-0.39, 0.29) is 11.7 Å². The lowest BCUT2D eigenvalue weighted by atomic mass is 9.82. The minimum atomic E-state index is 0.0625. The van der Waals surface area contributed by atoms with Gasteiger partial charge in [0.05, 0.1) is 13.2 Å². The number of carbonyl (C=O) groups is 1. The van der Waals surface area contributed by atoms with Gasteiger partial charge in [-0.3, -0.25) is 4.79 Å². The fourth-order valence-corrected chi connectivity index (χ4v) is 3.22. The maximum absolute atomic E-state index is 12.6. The van der Waals surface area contributed by atoms with Crippen molar-refractivity contribution in [2.24, 2.45) is 5.92 Å². The molecule has 2 bridgehead atoms. The van der Waals surface area contributed by atoms with Crippen LogP contribution in [-0.2, 0) is 4.74 Å². The van der Waals surface area contributed by atoms with E-state index in [9.17, 15) is 4.79 Å². The van der Waals surface area contributed by atoms with Crippen LogP contribution in [0.5, 0.6) is 0 Å². The molecule has 3 heterocycles. The Balaban J connectivity index is 1.59. The Bertz CT molecular complexity index is 642. The zero-order chi connectivity index (χ0) is 13.5. The highest BCUT2D eigenvalue weighted by molar-refractivity contribution is 6.00. The lowest BCUT2D eigenvalue weighted by molar-refractivity contribution is 0.00953. The molecule has 20 heavy (non-hydrogen) atoms. The lowest BCUT2D eigenvalue weighted by Gasteiger charge is -2.39. The predicted molar refractivity (Wildman–Crippen MR) is 70.4 cm³/mol. The van der Waals surface area contributed by atoms with Gasteiger partial charge in [-0.25, -0.2) is 4.63 Å². The molecule has 0 spiro atoms. The first-order valence-electron chi connectivity index (χ1n) is 6.90. The molecular formula is C14H15N3O3. The number of benzene rings is 1. The van der Waals surface area contributed by atoms with Crippen molar-refractivity contribution in [3.05, 3.63) is 23.8 Å². The van der Waals surface area contributed by atoms with Crippen molar-refractivity contribution >= 4 is 16.8 Å². The first-order chi connectivity index (χ1) is 9.79. The molecule has 2 saturated heterocycles. The van der Waals surface area contributed by atoms with Crippen LogP contribution in [0.15, 0.2) is 22.8 Å². The van der Waals surface area contributed by atoms with E-state index < -0.39 is 0 Å². The van der Waals surface area contributed by atoms with Crippen LogP contribution in [-0.4, -0.2) is 41.4 Å². The van der Waals surface area contributed by atoms with E-state index in [0.717, 1.165) is 12.8 Å². The second-order valence-corrected chi connectivity index (χ2v) is 5.60. The quantitative estimate of drug-likeness (QED) is 0.828. The Kier molecular flexibility index (Phi) is 2.78. The fraction of sp³-hybridized carbons (Fsp3) is 0.500. The van der Waals surface area contributed by atoms with Crippen molar-refractivity contribution < 1.29 is 14.2 Å². The molecule has 0 radical (unpaired) electrons. The Labute approximate surface area is 115 Å². The number of carbonyl (C=O) groups excluding carboxylic acids is 1. The van der Waals surface area contributed by atoms with Crippen molar-refractivity contribution in [3.63, 3.8) is 0 Å². The number of ether oxygens (including phenoxy) is 1. The number of nitrogens with zero attached hydrogens (tertiary/aromatic N) is 2. The van der Waals surface area contributed by atoms with Crippen molar-refractivity contribution in [3.8, 4) is 0 Å². The summed E-state index contributed by atoms with van der Waals surface area (Å²) in [5, 5.41) is 11.0. The first-order valence-corrected chi connectivity index (χ1v) is 6.90. The molecule has 1 N–H and O–H groups in total. The van der Waals surface area contributed by atoms with E-state index in [1.54, 1.807) is 12.1 Å². The summed E-state index contributed by atoms with van der Waals surface area (Å²) in [5.41, 5.74) is 2.00. The third-order valence-electron chi connectivity index (χ3n) is 4.16. The second-order valence-electron chi connectivity index (χ2n) is 5.60. The van der Waals surface area contributed by atoms with Gasteiger partial charge in [0.15, 0.2) is 5.78 Å². The topological polar surface area (TPSA) is 77.2 Å².